The van der Waals surface area contributed by atoms with Gasteiger partial charge in [-0.2, -0.15) is 5.10 Å². The van der Waals surface area contributed by atoms with Crippen molar-refractivity contribution in [3.8, 4) is 0 Å². The normalized spacial score (nSPS) is 17.3. The number of carbonyl (C=O) groups excluding carboxylic acids is 1. The first-order valence-electron chi connectivity index (χ1n) is 8.71. The minimum atomic E-state index is -0.590. The van der Waals surface area contributed by atoms with E-state index in [0.717, 1.165) is 36.8 Å². The molecule has 0 spiro atoms. The molecule has 7 nitrogen and oxygen atoms in total. The fraction of sp³-hybridized carbons (Fsp3) is 0.316. The Morgan fingerprint density at radius 1 is 1.35 bits per heavy atom. The van der Waals surface area contributed by atoms with E-state index in [2.05, 4.69) is 20.8 Å². The summed E-state index contributed by atoms with van der Waals surface area (Å²) in [6, 6.07) is 7.20. The number of piperidine rings is 1. The van der Waals surface area contributed by atoms with Crippen LogP contribution in [0.15, 0.2) is 39.7 Å². The van der Waals surface area contributed by atoms with Gasteiger partial charge >= 0.3 is 5.63 Å². The first-order chi connectivity index (χ1) is 12.6. The predicted molar refractivity (Wildman–Crippen MR) is 98.6 cm³/mol. The zero-order valence-electron chi connectivity index (χ0n) is 14.5. The molecule has 2 aromatic heterocycles. The van der Waals surface area contributed by atoms with E-state index in [0.29, 0.717) is 17.0 Å². The van der Waals surface area contributed by atoms with E-state index < -0.39 is 11.5 Å². The van der Waals surface area contributed by atoms with E-state index in [1.165, 1.54) is 0 Å². The van der Waals surface area contributed by atoms with Gasteiger partial charge in [-0.05, 0) is 56.1 Å². The van der Waals surface area contributed by atoms with Gasteiger partial charge in [0.05, 0.1) is 11.7 Å². The number of aromatic amines is 1. The molecule has 1 saturated heterocycles. The maximum Gasteiger partial charge on any atom is 0.349 e. The highest BCUT2D eigenvalue weighted by Crippen LogP contribution is 2.24. The molecule has 1 aromatic carbocycles. The van der Waals surface area contributed by atoms with Crippen molar-refractivity contribution in [1.82, 2.24) is 15.5 Å². The van der Waals surface area contributed by atoms with Gasteiger partial charge in [-0.1, -0.05) is 0 Å². The zero-order valence-corrected chi connectivity index (χ0v) is 14.5. The topological polar surface area (TPSA) is 100 Å². The van der Waals surface area contributed by atoms with Gasteiger partial charge in [-0.25, -0.2) is 4.79 Å². The number of hydrogen-bond donors (Lipinski definition) is 3. The molecule has 134 valence electrons. The van der Waals surface area contributed by atoms with Crippen LogP contribution in [0.25, 0.3) is 10.9 Å². The van der Waals surface area contributed by atoms with Gasteiger partial charge in [0.1, 0.15) is 11.3 Å². The molecule has 4 rings (SSSR count). The van der Waals surface area contributed by atoms with E-state index in [4.69, 9.17) is 4.42 Å². The van der Waals surface area contributed by atoms with Crippen LogP contribution in [0, 0.1) is 6.92 Å². The van der Waals surface area contributed by atoms with Crippen molar-refractivity contribution in [3.63, 3.8) is 0 Å². The number of carbonyl (C=O) groups is 1. The SMILES string of the molecule is Cc1cc(C2CCCNC2)oc(=O)c1C(=O)Nc1ccc2[nH]ncc2c1. The monoisotopic (exact) mass is 352 g/mol. The molecule has 26 heavy (non-hydrogen) atoms. The minimum Gasteiger partial charge on any atom is -0.427 e. The van der Waals surface area contributed by atoms with Crippen LogP contribution in [-0.2, 0) is 0 Å². The van der Waals surface area contributed by atoms with Crippen molar-refractivity contribution in [2.24, 2.45) is 0 Å². The lowest BCUT2D eigenvalue weighted by molar-refractivity contribution is 0.102. The minimum absolute atomic E-state index is 0.0461. The first kappa shape index (κ1) is 16.5. The molecule has 0 saturated carbocycles. The highest BCUT2D eigenvalue weighted by molar-refractivity contribution is 6.05. The van der Waals surface area contributed by atoms with Gasteiger partial charge in [0, 0.05) is 23.5 Å². The number of benzene rings is 1. The Hall–Kier alpha value is -2.93. The molecule has 3 aromatic rings. The maximum absolute atomic E-state index is 12.6. The van der Waals surface area contributed by atoms with Gasteiger partial charge in [0.2, 0.25) is 0 Å². The van der Waals surface area contributed by atoms with Crippen LogP contribution in [0.4, 0.5) is 5.69 Å². The van der Waals surface area contributed by atoms with Gasteiger partial charge in [-0.3, -0.25) is 9.89 Å². The van der Waals surface area contributed by atoms with Gasteiger partial charge in [0.25, 0.3) is 5.91 Å². The Labute approximate surface area is 149 Å². The highest BCUT2D eigenvalue weighted by Gasteiger charge is 2.22. The van der Waals surface area contributed by atoms with Crippen LogP contribution < -0.4 is 16.3 Å². The molecule has 1 amide bonds. The number of aryl methyl sites for hydroxylation is 1. The fourth-order valence-corrected chi connectivity index (χ4v) is 3.42. The summed E-state index contributed by atoms with van der Waals surface area (Å²) in [6.45, 7) is 3.55. The summed E-state index contributed by atoms with van der Waals surface area (Å²) in [5, 5.41) is 13.8. The molecule has 3 heterocycles. The van der Waals surface area contributed by atoms with Crippen molar-refractivity contribution in [1.29, 1.82) is 0 Å². The van der Waals surface area contributed by atoms with Crippen molar-refractivity contribution in [2.45, 2.75) is 25.7 Å². The third kappa shape index (κ3) is 3.13. The Morgan fingerprint density at radius 2 is 2.23 bits per heavy atom. The van der Waals surface area contributed by atoms with Gasteiger partial charge < -0.3 is 15.1 Å². The van der Waals surface area contributed by atoms with Crippen LogP contribution in [0.2, 0.25) is 0 Å². The number of aromatic nitrogens is 2. The van der Waals surface area contributed by atoms with Crippen LogP contribution in [0.5, 0.6) is 0 Å². The Morgan fingerprint density at radius 3 is 3.00 bits per heavy atom. The van der Waals surface area contributed by atoms with Gasteiger partial charge in [-0.15, -0.1) is 0 Å². The number of amides is 1. The molecule has 1 aliphatic heterocycles. The Bertz CT molecular complexity index is 1020. The van der Waals surface area contributed by atoms with Crippen molar-refractivity contribution in [2.75, 3.05) is 18.4 Å². The van der Waals surface area contributed by atoms with Crippen molar-refractivity contribution >= 4 is 22.5 Å². The van der Waals surface area contributed by atoms with Gasteiger partial charge in [0.15, 0.2) is 0 Å². The van der Waals surface area contributed by atoms with Crippen LogP contribution in [0.1, 0.15) is 40.4 Å². The molecular weight excluding hydrogens is 332 g/mol. The second kappa shape index (κ2) is 6.76. The number of fused-ring (bicyclic) bond motifs is 1. The predicted octanol–water partition coefficient (Wildman–Crippen LogP) is 2.54. The van der Waals surface area contributed by atoms with E-state index >= 15 is 0 Å². The number of nitrogens with zero attached hydrogens (tertiary/aromatic N) is 1. The second-order valence-electron chi connectivity index (χ2n) is 6.66. The summed E-state index contributed by atoms with van der Waals surface area (Å²) in [5.41, 5.74) is 1.56. The summed E-state index contributed by atoms with van der Waals surface area (Å²) in [4.78, 5) is 25.1. The van der Waals surface area contributed by atoms with E-state index in [-0.39, 0.29) is 11.5 Å². The van der Waals surface area contributed by atoms with E-state index in [1.807, 2.05) is 12.1 Å². The lowest BCUT2D eigenvalue weighted by Crippen LogP contribution is -2.30. The smallest absolute Gasteiger partial charge is 0.349 e. The van der Waals surface area contributed by atoms with Crippen LogP contribution in [0.3, 0.4) is 0 Å². The fourth-order valence-electron chi connectivity index (χ4n) is 3.42. The molecule has 1 aliphatic rings. The molecule has 3 N–H and O–H groups in total. The molecule has 1 fully saturated rings. The number of rotatable bonds is 3. The largest absolute Gasteiger partial charge is 0.427 e. The second-order valence-corrected chi connectivity index (χ2v) is 6.66. The summed E-state index contributed by atoms with van der Waals surface area (Å²) < 4.78 is 5.47. The maximum atomic E-state index is 12.6. The molecule has 1 unspecified atom stereocenters. The Kier molecular flexibility index (Phi) is 4.30. The zero-order chi connectivity index (χ0) is 18.1. The van der Waals surface area contributed by atoms with Crippen LogP contribution in [-0.4, -0.2) is 29.2 Å². The quantitative estimate of drug-likeness (QED) is 0.673. The first-order valence-corrected chi connectivity index (χ1v) is 8.71. The third-order valence-corrected chi connectivity index (χ3v) is 4.79. The Balaban J connectivity index is 1.59. The average molecular weight is 352 g/mol. The summed E-state index contributed by atoms with van der Waals surface area (Å²) in [6.07, 6.45) is 3.70. The summed E-state index contributed by atoms with van der Waals surface area (Å²) >= 11 is 0. The lowest BCUT2D eigenvalue weighted by atomic mass is 9.95. The third-order valence-electron chi connectivity index (χ3n) is 4.79. The molecular formula is C19H20N4O3. The standard InChI is InChI=1S/C19H20N4O3/c1-11-7-16(12-3-2-6-20-9-12)26-19(25)17(11)18(24)22-14-4-5-15-13(8-14)10-21-23-15/h4-5,7-8,10,12,20H,2-3,6,9H2,1H3,(H,21,23)(H,22,24). The van der Waals surface area contributed by atoms with E-state index in [9.17, 15) is 9.59 Å². The molecule has 0 aliphatic carbocycles. The molecule has 7 heteroatoms. The number of anilines is 1. The van der Waals surface area contributed by atoms with E-state index in [1.54, 1.807) is 25.3 Å². The molecule has 0 radical (unpaired) electrons. The number of hydrogen-bond acceptors (Lipinski definition) is 5. The summed E-state index contributed by atoms with van der Waals surface area (Å²) in [7, 11) is 0. The summed E-state index contributed by atoms with van der Waals surface area (Å²) in [5.74, 6) is 0.360. The molecule has 0 bridgehead atoms. The highest BCUT2D eigenvalue weighted by atomic mass is 16.4. The average Bonchev–Trinajstić information content (AvgIpc) is 3.09. The number of nitrogens with one attached hydrogen (secondary N) is 3. The number of H-pyrrole nitrogens is 1. The lowest BCUT2D eigenvalue weighted by Gasteiger charge is -2.22. The van der Waals surface area contributed by atoms with Crippen molar-refractivity contribution < 1.29 is 9.21 Å². The van der Waals surface area contributed by atoms with Crippen molar-refractivity contribution in [3.05, 3.63) is 57.8 Å². The molecule has 1 atom stereocenters. The van der Waals surface area contributed by atoms with Crippen LogP contribution >= 0.6 is 0 Å².